The van der Waals surface area contributed by atoms with Crippen LogP contribution >= 0.6 is 11.6 Å². The molecule has 0 fully saturated rings. The molecule has 2 rings (SSSR count). The number of aromatic carboxylic acids is 1. The van der Waals surface area contributed by atoms with E-state index in [-0.39, 0.29) is 5.69 Å². The van der Waals surface area contributed by atoms with Gasteiger partial charge in [0, 0.05) is 17.6 Å². The summed E-state index contributed by atoms with van der Waals surface area (Å²) in [5.41, 5.74) is 2.32. The summed E-state index contributed by atoms with van der Waals surface area (Å²) in [4.78, 5) is 10.9. The molecule has 0 spiro atoms. The normalized spacial score (nSPS) is 10.5. The number of methoxy groups -OCH3 is 1. The third-order valence-corrected chi connectivity index (χ3v) is 3.32. The SMILES string of the molecule is COc1cc(Cl)c(C)c(-c2cc(C(=O)O)nn2C)c1. The van der Waals surface area contributed by atoms with Crippen LogP contribution < -0.4 is 4.74 Å². The van der Waals surface area contributed by atoms with Crippen molar-refractivity contribution >= 4 is 17.6 Å². The van der Waals surface area contributed by atoms with Crippen molar-refractivity contribution in [3.63, 3.8) is 0 Å². The number of hydrogen-bond acceptors (Lipinski definition) is 3. The highest BCUT2D eigenvalue weighted by atomic mass is 35.5. The number of ether oxygens (including phenoxy) is 1. The second kappa shape index (κ2) is 4.93. The fraction of sp³-hybridized carbons (Fsp3) is 0.231. The Balaban J connectivity index is 2.64. The van der Waals surface area contributed by atoms with Crippen LogP contribution in [0.5, 0.6) is 5.75 Å². The lowest BCUT2D eigenvalue weighted by Gasteiger charge is -2.10. The van der Waals surface area contributed by atoms with Gasteiger partial charge in [0.15, 0.2) is 5.69 Å². The minimum absolute atomic E-state index is 0.00385. The number of carboxylic acids is 1. The summed E-state index contributed by atoms with van der Waals surface area (Å²) in [5.74, 6) is -0.447. The van der Waals surface area contributed by atoms with Gasteiger partial charge in [-0.15, -0.1) is 0 Å². The molecule has 5 nitrogen and oxygen atoms in total. The highest BCUT2D eigenvalue weighted by Gasteiger charge is 2.16. The van der Waals surface area contributed by atoms with Gasteiger partial charge in [0.1, 0.15) is 5.75 Å². The van der Waals surface area contributed by atoms with E-state index in [1.54, 1.807) is 20.2 Å². The number of aryl methyl sites for hydroxylation is 1. The van der Waals surface area contributed by atoms with Crippen molar-refractivity contribution in [3.8, 4) is 17.0 Å². The van der Waals surface area contributed by atoms with Crippen molar-refractivity contribution in [2.75, 3.05) is 7.11 Å². The molecule has 0 saturated carbocycles. The van der Waals surface area contributed by atoms with Gasteiger partial charge >= 0.3 is 5.97 Å². The van der Waals surface area contributed by atoms with Crippen LogP contribution in [0.25, 0.3) is 11.3 Å². The van der Waals surface area contributed by atoms with Gasteiger partial charge in [-0.25, -0.2) is 4.79 Å². The molecule has 0 atom stereocenters. The topological polar surface area (TPSA) is 64.3 Å². The van der Waals surface area contributed by atoms with E-state index in [0.29, 0.717) is 16.5 Å². The Kier molecular flexibility index (Phi) is 3.48. The van der Waals surface area contributed by atoms with Gasteiger partial charge in [0.25, 0.3) is 0 Å². The van der Waals surface area contributed by atoms with Crippen LogP contribution in [0.15, 0.2) is 18.2 Å². The number of carboxylic acid groups (broad SMARTS) is 1. The molecule has 1 aromatic carbocycles. The largest absolute Gasteiger partial charge is 0.497 e. The monoisotopic (exact) mass is 280 g/mol. The van der Waals surface area contributed by atoms with Crippen molar-refractivity contribution in [2.24, 2.45) is 7.05 Å². The third-order valence-electron chi connectivity index (χ3n) is 2.93. The lowest BCUT2D eigenvalue weighted by Crippen LogP contribution is -1.99. The Bertz CT molecular complexity index is 650. The summed E-state index contributed by atoms with van der Waals surface area (Å²) >= 11 is 6.14. The predicted molar refractivity (Wildman–Crippen MR) is 71.9 cm³/mol. The van der Waals surface area contributed by atoms with Gasteiger partial charge in [-0.2, -0.15) is 5.10 Å². The second-order valence-electron chi connectivity index (χ2n) is 4.13. The number of benzene rings is 1. The molecule has 0 bridgehead atoms. The molecular weight excluding hydrogens is 268 g/mol. The molecule has 100 valence electrons. The zero-order chi connectivity index (χ0) is 14.2. The predicted octanol–water partition coefficient (Wildman–Crippen LogP) is 2.76. The maximum Gasteiger partial charge on any atom is 0.356 e. The highest BCUT2D eigenvalue weighted by Crippen LogP contribution is 2.33. The van der Waals surface area contributed by atoms with Crippen LogP contribution in [0.3, 0.4) is 0 Å². The number of aromatic nitrogens is 2. The first-order chi connectivity index (χ1) is 8.93. The summed E-state index contributed by atoms with van der Waals surface area (Å²) in [6.07, 6.45) is 0. The summed E-state index contributed by atoms with van der Waals surface area (Å²) < 4.78 is 6.69. The number of hydrogen-bond donors (Lipinski definition) is 1. The molecule has 0 amide bonds. The summed E-state index contributed by atoms with van der Waals surface area (Å²) in [5, 5.41) is 13.5. The lowest BCUT2D eigenvalue weighted by atomic mass is 10.0. The molecule has 0 radical (unpaired) electrons. The van der Waals surface area contributed by atoms with Crippen LogP contribution in [0.1, 0.15) is 16.1 Å². The van der Waals surface area contributed by atoms with E-state index in [1.807, 2.05) is 13.0 Å². The van der Waals surface area contributed by atoms with Crippen LogP contribution in [-0.2, 0) is 7.05 Å². The van der Waals surface area contributed by atoms with E-state index < -0.39 is 5.97 Å². The third kappa shape index (κ3) is 2.42. The molecule has 1 N–H and O–H groups in total. The first-order valence-electron chi connectivity index (χ1n) is 5.56. The molecular formula is C13H13ClN2O3. The molecule has 0 aliphatic rings. The van der Waals surface area contributed by atoms with Crippen molar-refractivity contribution in [1.82, 2.24) is 9.78 Å². The Morgan fingerprint density at radius 2 is 2.11 bits per heavy atom. The van der Waals surface area contributed by atoms with Gasteiger partial charge in [0.05, 0.1) is 12.8 Å². The fourth-order valence-corrected chi connectivity index (χ4v) is 2.07. The van der Waals surface area contributed by atoms with Crippen molar-refractivity contribution in [2.45, 2.75) is 6.92 Å². The Hall–Kier alpha value is -2.01. The van der Waals surface area contributed by atoms with Crippen molar-refractivity contribution in [3.05, 3.63) is 34.5 Å². The van der Waals surface area contributed by atoms with Gasteiger partial charge in [0.2, 0.25) is 0 Å². The van der Waals surface area contributed by atoms with Crippen molar-refractivity contribution < 1.29 is 14.6 Å². The molecule has 0 aliphatic heterocycles. The molecule has 1 aromatic heterocycles. The standard InChI is InChI=1S/C13H13ClN2O3/c1-7-9(4-8(19-3)5-10(7)14)12-6-11(13(17)18)15-16(12)2/h4-6H,1-3H3,(H,17,18). The molecule has 0 aliphatic carbocycles. The molecule has 19 heavy (non-hydrogen) atoms. The number of rotatable bonds is 3. The fourth-order valence-electron chi connectivity index (χ4n) is 1.86. The molecule has 2 aromatic rings. The van der Waals surface area contributed by atoms with E-state index in [0.717, 1.165) is 11.1 Å². The zero-order valence-corrected chi connectivity index (χ0v) is 11.5. The second-order valence-corrected chi connectivity index (χ2v) is 4.53. The van der Waals surface area contributed by atoms with Crippen LogP contribution in [0.4, 0.5) is 0 Å². The van der Waals surface area contributed by atoms with E-state index in [4.69, 9.17) is 21.4 Å². The maximum atomic E-state index is 10.9. The smallest absolute Gasteiger partial charge is 0.356 e. The molecule has 0 unspecified atom stereocenters. The maximum absolute atomic E-state index is 10.9. The van der Waals surface area contributed by atoms with E-state index in [2.05, 4.69) is 5.10 Å². The minimum Gasteiger partial charge on any atom is -0.497 e. The minimum atomic E-state index is -1.06. The van der Waals surface area contributed by atoms with E-state index >= 15 is 0 Å². The quantitative estimate of drug-likeness (QED) is 0.939. The summed E-state index contributed by atoms with van der Waals surface area (Å²) in [6, 6.07) is 5.04. The van der Waals surface area contributed by atoms with Crippen LogP contribution in [0.2, 0.25) is 5.02 Å². The first-order valence-corrected chi connectivity index (χ1v) is 5.93. The highest BCUT2D eigenvalue weighted by molar-refractivity contribution is 6.31. The number of halogens is 1. The molecule has 0 saturated heterocycles. The summed E-state index contributed by atoms with van der Waals surface area (Å²) in [6.45, 7) is 1.87. The Morgan fingerprint density at radius 3 is 2.63 bits per heavy atom. The Morgan fingerprint density at radius 1 is 1.42 bits per heavy atom. The van der Waals surface area contributed by atoms with Gasteiger partial charge in [-0.05, 0) is 30.7 Å². The van der Waals surface area contributed by atoms with Gasteiger partial charge in [-0.3, -0.25) is 4.68 Å². The van der Waals surface area contributed by atoms with Gasteiger partial charge in [-0.1, -0.05) is 11.6 Å². The van der Waals surface area contributed by atoms with E-state index in [1.165, 1.54) is 10.7 Å². The average molecular weight is 281 g/mol. The molecule has 1 heterocycles. The van der Waals surface area contributed by atoms with E-state index in [9.17, 15) is 4.79 Å². The van der Waals surface area contributed by atoms with Crippen LogP contribution in [0, 0.1) is 6.92 Å². The number of nitrogens with zero attached hydrogens (tertiary/aromatic N) is 2. The Labute approximate surface area is 115 Å². The molecule has 6 heteroatoms. The zero-order valence-electron chi connectivity index (χ0n) is 10.8. The number of carbonyl (C=O) groups is 1. The van der Waals surface area contributed by atoms with Crippen molar-refractivity contribution in [1.29, 1.82) is 0 Å². The average Bonchev–Trinajstić information content (AvgIpc) is 2.75. The summed E-state index contributed by atoms with van der Waals surface area (Å²) in [7, 11) is 3.24. The van der Waals surface area contributed by atoms with Crippen LogP contribution in [-0.4, -0.2) is 28.0 Å². The lowest BCUT2D eigenvalue weighted by molar-refractivity contribution is 0.0689. The van der Waals surface area contributed by atoms with Gasteiger partial charge < -0.3 is 9.84 Å². The first kappa shape index (κ1) is 13.4.